The fourth-order valence-electron chi connectivity index (χ4n) is 6.07. The number of aromatic nitrogens is 3. The number of benzene rings is 1. The number of aromatic amines is 1. The number of rotatable bonds is 6. The predicted molar refractivity (Wildman–Crippen MR) is 146 cm³/mol. The Morgan fingerprint density at radius 3 is 2.56 bits per heavy atom. The number of nitrogens with zero attached hydrogens (tertiary/aromatic N) is 4. The maximum absolute atomic E-state index is 13.0. The van der Waals surface area contributed by atoms with E-state index >= 15 is 0 Å². The minimum Gasteiger partial charge on any atom is -0.447 e. The molecule has 1 aromatic carbocycles. The van der Waals surface area contributed by atoms with E-state index in [-0.39, 0.29) is 11.4 Å². The van der Waals surface area contributed by atoms with Crippen LogP contribution in [0.4, 0.5) is 24.5 Å². The highest BCUT2D eigenvalue weighted by atomic mass is 35.5. The van der Waals surface area contributed by atoms with Crippen LogP contribution < -0.4 is 16.0 Å². The number of anilines is 2. The number of imidazole rings is 1. The number of fused-ring (bicyclic) bond motifs is 3. The van der Waals surface area contributed by atoms with Gasteiger partial charge in [0, 0.05) is 55.8 Å². The monoisotopic (exact) mass is 589 g/mol. The van der Waals surface area contributed by atoms with Crippen LogP contribution in [0.5, 0.6) is 0 Å². The molecule has 2 fully saturated rings. The summed E-state index contributed by atoms with van der Waals surface area (Å²) in [7, 11) is 2.11. The van der Waals surface area contributed by atoms with Crippen LogP contribution in [0.15, 0.2) is 42.6 Å². The van der Waals surface area contributed by atoms with Gasteiger partial charge < -0.3 is 30.6 Å². The predicted octanol–water partition coefficient (Wildman–Crippen LogP) is 3.35. The first-order valence-electron chi connectivity index (χ1n) is 13.1. The van der Waals surface area contributed by atoms with Crippen LogP contribution >= 0.6 is 11.6 Å². The smallest absolute Gasteiger partial charge is 0.447 e. The molecule has 0 spiro atoms. The van der Waals surface area contributed by atoms with Gasteiger partial charge in [0.25, 0.3) is 0 Å². The van der Waals surface area contributed by atoms with Gasteiger partial charge in [-0.2, -0.15) is 13.2 Å². The summed E-state index contributed by atoms with van der Waals surface area (Å²) in [5, 5.41) is 3.40. The van der Waals surface area contributed by atoms with Crippen molar-refractivity contribution in [1.82, 2.24) is 19.9 Å². The fourth-order valence-corrected chi connectivity index (χ4v) is 6.27. The van der Waals surface area contributed by atoms with Crippen LogP contribution in [0.3, 0.4) is 0 Å². The summed E-state index contributed by atoms with van der Waals surface area (Å²) in [6, 6.07) is 7.20. The van der Waals surface area contributed by atoms with Crippen molar-refractivity contribution < 1.29 is 27.5 Å². The van der Waals surface area contributed by atoms with Crippen LogP contribution in [0.2, 0.25) is 5.02 Å². The van der Waals surface area contributed by atoms with Crippen molar-refractivity contribution in [3.05, 3.63) is 47.6 Å². The van der Waals surface area contributed by atoms with Crippen molar-refractivity contribution in [1.29, 1.82) is 0 Å². The van der Waals surface area contributed by atoms with Crippen molar-refractivity contribution >= 4 is 46.0 Å². The Labute approximate surface area is 237 Å². The van der Waals surface area contributed by atoms with E-state index in [1.807, 2.05) is 24.3 Å². The molecule has 0 radical (unpaired) electrons. The molecule has 0 unspecified atom stereocenters. The highest BCUT2D eigenvalue weighted by Gasteiger charge is 2.62. The number of esters is 1. The van der Waals surface area contributed by atoms with Crippen LogP contribution in [-0.4, -0.2) is 82.8 Å². The molecule has 3 aliphatic rings. The Balaban J connectivity index is 1.28. The van der Waals surface area contributed by atoms with Gasteiger partial charge in [0.15, 0.2) is 5.65 Å². The van der Waals surface area contributed by atoms with Gasteiger partial charge in [-0.15, -0.1) is 0 Å². The normalized spacial score (nSPS) is 26.1. The first kappa shape index (κ1) is 27.3. The molecule has 3 heterocycles. The Morgan fingerprint density at radius 1 is 1.20 bits per heavy atom. The topological polar surface area (TPSA) is 129 Å². The van der Waals surface area contributed by atoms with Gasteiger partial charge in [0.1, 0.15) is 22.9 Å². The second kappa shape index (κ2) is 9.91. The number of carbonyl (C=O) groups excluding carboxylic acids is 2. The average Bonchev–Trinajstić information content (AvgIpc) is 3.62. The molecular formula is C27H27ClF3N7O3. The van der Waals surface area contributed by atoms with E-state index < -0.39 is 41.5 Å². The second-order valence-electron chi connectivity index (χ2n) is 10.7. The number of nitrogens with one attached hydrogen (secondary N) is 2. The lowest BCUT2D eigenvalue weighted by molar-refractivity contribution is -0.212. The molecule has 3 aromatic rings. The number of H-pyrrole nitrogens is 1. The fraction of sp³-hybridized carbons (Fsp3) is 0.407. The average molecular weight is 590 g/mol. The van der Waals surface area contributed by atoms with Gasteiger partial charge >= 0.3 is 12.1 Å². The summed E-state index contributed by atoms with van der Waals surface area (Å²) in [5.41, 5.74) is 6.92. The lowest BCUT2D eigenvalue weighted by Crippen LogP contribution is -2.51. The molecule has 1 saturated carbocycles. The molecule has 41 heavy (non-hydrogen) atoms. The largest absolute Gasteiger partial charge is 0.490 e. The number of amides is 1. The van der Waals surface area contributed by atoms with Gasteiger partial charge in [-0.3, -0.25) is 4.79 Å². The summed E-state index contributed by atoms with van der Waals surface area (Å²) in [6.07, 6.45) is -0.912. The van der Waals surface area contributed by atoms with Crippen molar-refractivity contribution in [2.24, 2.45) is 17.6 Å². The van der Waals surface area contributed by atoms with Crippen LogP contribution in [-0.2, 0) is 14.3 Å². The number of halogens is 4. The quantitative estimate of drug-likeness (QED) is 0.295. The van der Waals surface area contributed by atoms with E-state index in [2.05, 4.69) is 37.1 Å². The van der Waals surface area contributed by atoms with E-state index in [0.29, 0.717) is 22.7 Å². The van der Waals surface area contributed by atoms with Gasteiger partial charge in [-0.1, -0.05) is 17.7 Å². The van der Waals surface area contributed by atoms with Crippen molar-refractivity contribution in [3.8, 4) is 11.4 Å². The van der Waals surface area contributed by atoms with Gasteiger partial charge in [0.05, 0.1) is 16.9 Å². The number of nitrogens with two attached hydrogens (primary N) is 1. The molecule has 2 aliphatic carbocycles. The zero-order valence-electron chi connectivity index (χ0n) is 21.9. The highest BCUT2D eigenvalue weighted by molar-refractivity contribution is 6.34. The first-order chi connectivity index (χ1) is 19.4. The number of primary amides is 1. The Morgan fingerprint density at radius 2 is 1.90 bits per heavy atom. The van der Waals surface area contributed by atoms with E-state index in [9.17, 15) is 22.8 Å². The number of hydrogen-bond donors (Lipinski definition) is 3. The minimum atomic E-state index is -5.22. The zero-order valence-corrected chi connectivity index (χ0v) is 22.7. The Kier molecular flexibility index (Phi) is 6.61. The lowest BCUT2D eigenvalue weighted by atomic mass is 9.84. The van der Waals surface area contributed by atoms with E-state index in [4.69, 9.17) is 22.1 Å². The van der Waals surface area contributed by atoms with Gasteiger partial charge in [0.2, 0.25) is 5.91 Å². The number of ether oxygens (including phenoxy) is 1. The van der Waals surface area contributed by atoms with Crippen molar-refractivity contribution in [2.75, 3.05) is 43.4 Å². The van der Waals surface area contributed by atoms with Crippen molar-refractivity contribution in [2.45, 2.75) is 24.2 Å². The summed E-state index contributed by atoms with van der Waals surface area (Å²) in [6.45, 7) is 3.87. The second-order valence-corrected chi connectivity index (χ2v) is 11.1. The molecule has 4 atom stereocenters. The molecule has 4 N–H and O–H groups in total. The lowest BCUT2D eigenvalue weighted by Gasteiger charge is -2.34. The number of likely N-dealkylation sites (N-methyl/N-ethyl adjacent to an activating group) is 1. The molecule has 2 aromatic heterocycles. The zero-order chi connectivity index (χ0) is 29.1. The minimum absolute atomic E-state index is 0.0280. The number of piperazine rings is 1. The molecule has 14 heteroatoms. The summed E-state index contributed by atoms with van der Waals surface area (Å²) >= 11 is 6.51. The third-order valence-electron chi connectivity index (χ3n) is 8.14. The third-order valence-corrected chi connectivity index (χ3v) is 8.43. The summed E-state index contributed by atoms with van der Waals surface area (Å²) in [5.74, 6) is -4.46. The van der Waals surface area contributed by atoms with Crippen LogP contribution in [0, 0.1) is 11.8 Å². The Bertz CT molecular complexity index is 1540. The number of carbonyl (C=O) groups is 2. The van der Waals surface area contributed by atoms with Gasteiger partial charge in [-0.25, -0.2) is 14.8 Å². The summed E-state index contributed by atoms with van der Waals surface area (Å²) < 4.78 is 43.9. The number of pyridine rings is 1. The number of alkyl halides is 3. The third kappa shape index (κ3) is 4.86. The molecule has 10 nitrogen and oxygen atoms in total. The van der Waals surface area contributed by atoms with E-state index in [1.54, 1.807) is 6.08 Å². The SMILES string of the molecule is CN1CCN(c2ccc(-c3nc4ncc(Cl)c(N[C@H]5[C@@H](C(N)=O)[C@@]6(OC(=O)C(F)(F)F)C=C[C@H]5C6)c4[nH]3)cc2)CC1. The molecule has 1 saturated heterocycles. The molecule has 1 amide bonds. The Hall–Kier alpha value is -3.84. The maximum atomic E-state index is 13.0. The molecule has 2 bridgehead atoms. The maximum Gasteiger partial charge on any atom is 0.490 e. The van der Waals surface area contributed by atoms with E-state index in [1.165, 1.54) is 12.3 Å². The van der Waals surface area contributed by atoms with Crippen LogP contribution in [0.25, 0.3) is 22.6 Å². The van der Waals surface area contributed by atoms with Gasteiger partial charge in [-0.05, 0) is 37.4 Å². The molecule has 216 valence electrons. The van der Waals surface area contributed by atoms with Crippen molar-refractivity contribution in [3.63, 3.8) is 0 Å². The molecular weight excluding hydrogens is 563 g/mol. The standard InChI is InChI=1S/C27H27ClF3N7O3/c1-37-8-10-38(11-9-37)16-4-2-14(3-5-16)23-35-21-20(17(28)13-33-24(21)36-23)34-19-15-6-7-26(12-15,18(19)22(32)39)41-25(40)27(29,30)31/h2-7,13,15,18-19H,8-12H2,1H3,(H2,32,39)(H2,33,34,35,36)/t15-,18-,19+,26+/m0/s1. The number of hydrogen-bond acceptors (Lipinski definition) is 8. The van der Waals surface area contributed by atoms with Crippen LogP contribution in [0.1, 0.15) is 6.42 Å². The molecule has 6 rings (SSSR count). The highest BCUT2D eigenvalue weighted by Crippen LogP contribution is 2.51. The summed E-state index contributed by atoms with van der Waals surface area (Å²) in [4.78, 5) is 41.0. The first-order valence-corrected chi connectivity index (χ1v) is 13.5. The molecule has 1 aliphatic heterocycles. The van der Waals surface area contributed by atoms with E-state index in [0.717, 1.165) is 37.4 Å².